The van der Waals surface area contributed by atoms with Crippen molar-refractivity contribution in [3.8, 4) is 5.75 Å². The van der Waals surface area contributed by atoms with E-state index in [2.05, 4.69) is 0 Å². The predicted octanol–water partition coefficient (Wildman–Crippen LogP) is 1.89. The molecular formula is C11H12F3NO3. The number of hydrogen-bond donors (Lipinski definition) is 2. The van der Waals surface area contributed by atoms with Crippen molar-refractivity contribution in [2.45, 2.75) is 18.6 Å². The highest BCUT2D eigenvalue weighted by atomic mass is 19.4. The first kappa shape index (κ1) is 14.3. The molecule has 0 fully saturated rings. The van der Waals surface area contributed by atoms with Crippen LogP contribution in [0.4, 0.5) is 13.2 Å². The highest BCUT2D eigenvalue weighted by molar-refractivity contribution is 5.78. The molecule has 1 rings (SSSR count). The minimum atomic E-state index is -4.56. The average Bonchev–Trinajstić information content (AvgIpc) is 2.25. The van der Waals surface area contributed by atoms with Gasteiger partial charge in [0.1, 0.15) is 17.9 Å². The Kier molecular flexibility index (Phi) is 3.85. The highest BCUT2D eigenvalue weighted by Crippen LogP contribution is 2.36. The molecule has 0 saturated heterocycles. The van der Waals surface area contributed by atoms with Gasteiger partial charge in [-0.1, -0.05) is 12.1 Å². The molecule has 0 amide bonds. The lowest BCUT2D eigenvalue weighted by Crippen LogP contribution is -2.50. The van der Waals surface area contributed by atoms with Gasteiger partial charge in [-0.15, -0.1) is 0 Å². The van der Waals surface area contributed by atoms with Crippen molar-refractivity contribution in [1.82, 2.24) is 0 Å². The van der Waals surface area contributed by atoms with Gasteiger partial charge in [0.05, 0.1) is 5.56 Å². The molecule has 18 heavy (non-hydrogen) atoms. The quantitative estimate of drug-likeness (QED) is 0.870. The molecule has 1 atom stereocenters. The van der Waals surface area contributed by atoms with E-state index in [0.717, 1.165) is 19.1 Å². The monoisotopic (exact) mass is 263 g/mol. The van der Waals surface area contributed by atoms with Crippen LogP contribution in [0, 0.1) is 0 Å². The lowest BCUT2D eigenvalue weighted by Gasteiger charge is -2.21. The third-order valence-electron chi connectivity index (χ3n) is 2.21. The first-order valence-corrected chi connectivity index (χ1v) is 4.96. The number of aliphatic carboxylic acids is 1. The lowest BCUT2D eigenvalue weighted by molar-refractivity contribution is -0.144. The molecule has 3 N–H and O–H groups in total. The van der Waals surface area contributed by atoms with Crippen LogP contribution >= 0.6 is 0 Å². The van der Waals surface area contributed by atoms with Crippen LogP contribution in [-0.4, -0.2) is 23.2 Å². The number of carboxylic acids is 1. The first-order chi connectivity index (χ1) is 8.14. The van der Waals surface area contributed by atoms with Gasteiger partial charge in [0, 0.05) is 0 Å². The second-order valence-corrected chi connectivity index (χ2v) is 4.01. The minimum absolute atomic E-state index is 0.442. The van der Waals surface area contributed by atoms with Crippen molar-refractivity contribution in [2.24, 2.45) is 5.73 Å². The summed E-state index contributed by atoms with van der Waals surface area (Å²) in [7, 11) is 0. The number of hydrogen-bond acceptors (Lipinski definition) is 3. The van der Waals surface area contributed by atoms with E-state index in [4.69, 9.17) is 15.6 Å². The Hall–Kier alpha value is -1.76. The highest BCUT2D eigenvalue weighted by Gasteiger charge is 2.35. The van der Waals surface area contributed by atoms with Crippen LogP contribution in [0.1, 0.15) is 12.5 Å². The van der Waals surface area contributed by atoms with Crippen LogP contribution < -0.4 is 10.5 Å². The molecule has 0 bridgehead atoms. The summed E-state index contributed by atoms with van der Waals surface area (Å²) in [6, 6.07) is 4.54. The minimum Gasteiger partial charge on any atom is -0.490 e. The summed E-state index contributed by atoms with van der Waals surface area (Å²) in [5.74, 6) is -1.80. The number of para-hydroxylation sites is 1. The van der Waals surface area contributed by atoms with Crippen molar-refractivity contribution < 1.29 is 27.8 Å². The van der Waals surface area contributed by atoms with E-state index in [-0.39, 0.29) is 0 Å². The molecule has 0 spiro atoms. The standard InChI is InChI=1S/C11H12F3NO3/c1-10(15,9(16)17)6-18-8-5-3-2-4-7(8)11(12,13)14/h2-5H,6,15H2,1H3,(H,16,17). The normalized spacial score (nSPS) is 14.9. The van der Waals surface area contributed by atoms with Gasteiger partial charge in [0.15, 0.2) is 0 Å². The Morgan fingerprint density at radius 1 is 1.39 bits per heavy atom. The molecule has 0 aliphatic heterocycles. The van der Waals surface area contributed by atoms with Crippen LogP contribution in [0.5, 0.6) is 5.75 Å². The number of ether oxygens (including phenoxy) is 1. The maximum absolute atomic E-state index is 12.6. The molecule has 1 aromatic rings. The summed E-state index contributed by atoms with van der Waals surface area (Å²) in [4.78, 5) is 10.7. The van der Waals surface area contributed by atoms with Gasteiger partial charge in [-0.2, -0.15) is 13.2 Å². The van der Waals surface area contributed by atoms with E-state index in [1.165, 1.54) is 12.1 Å². The fraction of sp³-hybridized carbons (Fsp3) is 0.364. The van der Waals surface area contributed by atoms with E-state index in [9.17, 15) is 18.0 Å². The van der Waals surface area contributed by atoms with Crippen LogP contribution in [0.15, 0.2) is 24.3 Å². The number of halogens is 3. The average molecular weight is 263 g/mol. The summed E-state index contributed by atoms with van der Waals surface area (Å²) in [5, 5.41) is 8.72. The van der Waals surface area contributed by atoms with Crippen molar-refractivity contribution in [3.63, 3.8) is 0 Å². The summed E-state index contributed by atoms with van der Waals surface area (Å²) < 4.78 is 42.7. The molecule has 4 nitrogen and oxygen atoms in total. The number of alkyl halides is 3. The fourth-order valence-electron chi connectivity index (χ4n) is 1.12. The van der Waals surface area contributed by atoms with Gasteiger partial charge in [-0.25, -0.2) is 0 Å². The van der Waals surface area contributed by atoms with Crippen molar-refractivity contribution >= 4 is 5.97 Å². The molecule has 100 valence electrons. The van der Waals surface area contributed by atoms with E-state index in [1.807, 2.05) is 0 Å². The summed E-state index contributed by atoms with van der Waals surface area (Å²) in [6.07, 6.45) is -4.56. The van der Waals surface area contributed by atoms with Gasteiger partial charge >= 0.3 is 12.1 Å². The van der Waals surface area contributed by atoms with Gasteiger partial charge in [0.25, 0.3) is 0 Å². The van der Waals surface area contributed by atoms with Crippen LogP contribution in [0.3, 0.4) is 0 Å². The number of carbonyl (C=O) groups is 1. The SMILES string of the molecule is CC(N)(COc1ccccc1C(F)(F)F)C(=O)O. The van der Waals surface area contributed by atoms with E-state index in [1.54, 1.807) is 0 Å². The maximum atomic E-state index is 12.6. The topological polar surface area (TPSA) is 72.5 Å². The number of carboxylic acid groups (broad SMARTS) is 1. The van der Waals surface area contributed by atoms with Gasteiger partial charge in [-0.05, 0) is 19.1 Å². The molecule has 0 radical (unpaired) electrons. The van der Waals surface area contributed by atoms with Crippen LogP contribution in [-0.2, 0) is 11.0 Å². The Balaban J connectivity index is 2.90. The maximum Gasteiger partial charge on any atom is 0.419 e. The molecular weight excluding hydrogens is 251 g/mol. The summed E-state index contributed by atoms with van der Waals surface area (Å²) in [5.41, 5.74) is 2.64. The van der Waals surface area contributed by atoms with E-state index >= 15 is 0 Å². The van der Waals surface area contributed by atoms with E-state index in [0.29, 0.717) is 0 Å². The van der Waals surface area contributed by atoms with Gasteiger partial charge in [0.2, 0.25) is 0 Å². The smallest absolute Gasteiger partial charge is 0.419 e. The Morgan fingerprint density at radius 3 is 2.44 bits per heavy atom. The molecule has 0 aliphatic carbocycles. The van der Waals surface area contributed by atoms with Crippen LogP contribution in [0.2, 0.25) is 0 Å². The lowest BCUT2D eigenvalue weighted by atomic mass is 10.1. The Morgan fingerprint density at radius 2 is 1.94 bits per heavy atom. The molecule has 0 aromatic heterocycles. The number of benzene rings is 1. The molecule has 0 saturated carbocycles. The van der Waals surface area contributed by atoms with Gasteiger partial charge < -0.3 is 15.6 Å². The van der Waals surface area contributed by atoms with Crippen LogP contribution in [0.25, 0.3) is 0 Å². The van der Waals surface area contributed by atoms with Crippen molar-refractivity contribution in [1.29, 1.82) is 0 Å². The first-order valence-electron chi connectivity index (χ1n) is 4.96. The molecule has 7 heteroatoms. The number of nitrogens with two attached hydrogens (primary N) is 1. The largest absolute Gasteiger partial charge is 0.490 e. The second-order valence-electron chi connectivity index (χ2n) is 4.01. The molecule has 1 unspecified atom stereocenters. The van der Waals surface area contributed by atoms with E-state index < -0.39 is 35.6 Å². The zero-order chi connectivity index (χ0) is 14.0. The molecule has 0 heterocycles. The third kappa shape index (κ3) is 3.36. The Labute approximate surface area is 101 Å². The number of rotatable bonds is 4. The zero-order valence-electron chi connectivity index (χ0n) is 9.49. The van der Waals surface area contributed by atoms with Gasteiger partial charge in [-0.3, -0.25) is 4.79 Å². The second kappa shape index (κ2) is 4.85. The molecule has 1 aromatic carbocycles. The van der Waals surface area contributed by atoms with Crippen molar-refractivity contribution in [3.05, 3.63) is 29.8 Å². The summed E-state index contributed by atoms with van der Waals surface area (Å²) in [6.45, 7) is 0.598. The third-order valence-corrected chi connectivity index (χ3v) is 2.21. The predicted molar refractivity (Wildman–Crippen MR) is 57.2 cm³/mol. The van der Waals surface area contributed by atoms with Crippen molar-refractivity contribution in [2.75, 3.05) is 6.61 Å². The molecule has 0 aliphatic rings. The fourth-order valence-corrected chi connectivity index (χ4v) is 1.12. The zero-order valence-corrected chi connectivity index (χ0v) is 9.49. The summed E-state index contributed by atoms with van der Waals surface area (Å²) >= 11 is 0. The Bertz CT molecular complexity index is 443.